The van der Waals surface area contributed by atoms with Gasteiger partial charge in [0.15, 0.2) is 0 Å². The van der Waals surface area contributed by atoms with Crippen LogP contribution >= 0.6 is 0 Å². The summed E-state index contributed by atoms with van der Waals surface area (Å²) in [5.74, 6) is 1.16. The Morgan fingerprint density at radius 2 is 1.66 bits per heavy atom. The standard InChI is InChI=1S/C27H30N4O/c1-19(2)21-5-3-20(4-6-21)18-32-24-9-7-22(8-10-24)26(25-17-30-15-16-31-25)27(28)23-11-13-29-14-12-23/h3-14,19,26,28,30H,15-18H2,1-2H3. The molecule has 3 aromatic rings. The van der Waals surface area contributed by atoms with E-state index in [-0.39, 0.29) is 5.92 Å². The lowest BCUT2D eigenvalue weighted by Crippen LogP contribution is -2.37. The molecule has 0 spiro atoms. The first-order valence-electron chi connectivity index (χ1n) is 11.2. The van der Waals surface area contributed by atoms with Gasteiger partial charge in [-0.1, -0.05) is 50.2 Å². The molecule has 0 amide bonds. The number of pyridine rings is 1. The summed E-state index contributed by atoms with van der Waals surface area (Å²) in [4.78, 5) is 8.82. The molecule has 2 aromatic carbocycles. The van der Waals surface area contributed by atoms with Gasteiger partial charge in [-0.3, -0.25) is 9.98 Å². The lowest BCUT2D eigenvalue weighted by Gasteiger charge is -2.24. The lowest BCUT2D eigenvalue weighted by atomic mass is 9.85. The average Bonchev–Trinajstić information content (AvgIpc) is 2.85. The maximum atomic E-state index is 8.89. The fourth-order valence-corrected chi connectivity index (χ4v) is 3.89. The summed E-state index contributed by atoms with van der Waals surface area (Å²) in [6.07, 6.45) is 3.46. The minimum atomic E-state index is -0.192. The summed E-state index contributed by atoms with van der Waals surface area (Å²) in [6.45, 7) is 7.25. The van der Waals surface area contributed by atoms with Crippen molar-refractivity contribution in [3.05, 3.63) is 95.3 Å². The first-order valence-corrected chi connectivity index (χ1v) is 11.2. The van der Waals surface area contributed by atoms with Gasteiger partial charge in [0.25, 0.3) is 0 Å². The molecule has 4 rings (SSSR count). The minimum Gasteiger partial charge on any atom is -0.489 e. The van der Waals surface area contributed by atoms with Crippen LogP contribution in [0.4, 0.5) is 0 Å². The van der Waals surface area contributed by atoms with E-state index in [1.54, 1.807) is 12.4 Å². The summed E-state index contributed by atoms with van der Waals surface area (Å²) in [5.41, 5.74) is 5.93. The Bertz CT molecular complexity index is 1060. The van der Waals surface area contributed by atoms with E-state index in [9.17, 15) is 0 Å². The van der Waals surface area contributed by atoms with E-state index in [0.717, 1.165) is 41.2 Å². The van der Waals surface area contributed by atoms with E-state index >= 15 is 0 Å². The predicted octanol–water partition coefficient (Wildman–Crippen LogP) is 4.98. The third kappa shape index (κ3) is 5.29. The summed E-state index contributed by atoms with van der Waals surface area (Å²) in [6, 6.07) is 20.4. The molecule has 0 fully saturated rings. The van der Waals surface area contributed by atoms with Crippen LogP contribution < -0.4 is 10.1 Å². The topological polar surface area (TPSA) is 70.4 Å². The molecule has 2 heterocycles. The Labute approximate surface area is 190 Å². The van der Waals surface area contributed by atoms with Crippen molar-refractivity contribution in [3.63, 3.8) is 0 Å². The van der Waals surface area contributed by atoms with Crippen molar-refractivity contribution >= 4 is 11.4 Å². The van der Waals surface area contributed by atoms with E-state index < -0.39 is 0 Å². The summed E-state index contributed by atoms with van der Waals surface area (Å²) < 4.78 is 6.01. The van der Waals surface area contributed by atoms with Crippen molar-refractivity contribution in [2.45, 2.75) is 32.3 Å². The second-order valence-corrected chi connectivity index (χ2v) is 8.39. The van der Waals surface area contributed by atoms with Gasteiger partial charge in [0.05, 0.1) is 18.2 Å². The number of hydrogen-bond donors (Lipinski definition) is 2. The van der Waals surface area contributed by atoms with Gasteiger partial charge in [0.1, 0.15) is 12.4 Å². The van der Waals surface area contributed by atoms with Crippen LogP contribution in [0.1, 0.15) is 47.9 Å². The van der Waals surface area contributed by atoms with Gasteiger partial charge >= 0.3 is 0 Å². The normalized spacial score (nSPS) is 14.7. The highest BCUT2D eigenvalue weighted by molar-refractivity contribution is 6.18. The number of nitrogens with one attached hydrogen (secondary N) is 2. The molecule has 164 valence electrons. The third-order valence-electron chi connectivity index (χ3n) is 5.79. The lowest BCUT2D eigenvalue weighted by molar-refractivity contribution is 0.306. The van der Waals surface area contributed by atoms with Crippen LogP contribution in [-0.4, -0.2) is 36.0 Å². The molecule has 5 heteroatoms. The second-order valence-electron chi connectivity index (χ2n) is 8.39. The molecule has 0 saturated carbocycles. The molecule has 1 aliphatic heterocycles. The Balaban J connectivity index is 1.50. The number of hydrogen-bond acceptors (Lipinski definition) is 5. The first kappa shape index (κ1) is 21.9. The van der Waals surface area contributed by atoms with Gasteiger partial charge in [0, 0.05) is 31.2 Å². The summed E-state index contributed by atoms with van der Waals surface area (Å²) in [7, 11) is 0. The molecule has 1 atom stereocenters. The number of aliphatic imine (C=N–C) groups is 1. The van der Waals surface area contributed by atoms with Crippen molar-refractivity contribution in [2.24, 2.45) is 4.99 Å². The van der Waals surface area contributed by atoms with E-state index in [4.69, 9.17) is 15.1 Å². The number of nitrogens with zero attached hydrogens (tertiary/aromatic N) is 2. The van der Waals surface area contributed by atoms with Crippen LogP contribution in [0.15, 0.2) is 78.0 Å². The van der Waals surface area contributed by atoms with Gasteiger partial charge in [-0.25, -0.2) is 0 Å². The molecule has 32 heavy (non-hydrogen) atoms. The van der Waals surface area contributed by atoms with Crippen LogP contribution in [0.2, 0.25) is 0 Å². The van der Waals surface area contributed by atoms with Gasteiger partial charge in [-0.15, -0.1) is 0 Å². The van der Waals surface area contributed by atoms with E-state index in [1.165, 1.54) is 5.56 Å². The molecule has 1 aliphatic rings. The number of ether oxygens (including phenoxy) is 1. The highest BCUT2D eigenvalue weighted by atomic mass is 16.5. The monoisotopic (exact) mass is 426 g/mol. The van der Waals surface area contributed by atoms with E-state index in [1.807, 2.05) is 24.3 Å². The van der Waals surface area contributed by atoms with Crippen molar-refractivity contribution < 1.29 is 4.74 Å². The molecular formula is C27H30N4O. The zero-order valence-corrected chi connectivity index (χ0v) is 18.7. The molecule has 0 saturated heterocycles. The van der Waals surface area contributed by atoms with Crippen molar-refractivity contribution in [1.29, 1.82) is 5.41 Å². The number of benzene rings is 2. The molecular weight excluding hydrogens is 396 g/mol. The molecule has 0 aliphatic carbocycles. The van der Waals surface area contributed by atoms with Crippen LogP contribution in [0.3, 0.4) is 0 Å². The van der Waals surface area contributed by atoms with Crippen LogP contribution in [0.5, 0.6) is 5.75 Å². The smallest absolute Gasteiger partial charge is 0.119 e. The fourth-order valence-electron chi connectivity index (χ4n) is 3.89. The fraction of sp³-hybridized carbons (Fsp3) is 0.296. The maximum absolute atomic E-state index is 8.89. The molecule has 2 N–H and O–H groups in total. The van der Waals surface area contributed by atoms with Crippen LogP contribution in [-0.2, 0) is 6.61 Å². The number of rotatable bonds is 8. The van der Waals surface area contributed by atoms with Gasteiger partial charge in [0.2, 0.25) is 0 Å². The zero-order valence-electron chi connectivity index (χ0n) is 18.7. The SMILES string of the molecule is CC(C)c1ccc(COc2ccc(C(C(=N)c3ccncc3)C3=NCCNC3)cc2)cc1. The van der Waals surface area contributed by atoms with Gasteiger partial charge in [-0.2, -0.15) is 0 Å². The Hall–Kier alpha value is -3.31. The van der Waals surface area contributed by atoms with Crippen molar-refractivity contribution in [3.8, 4) is 5.75 Å². The number of aromatic nitrogens is 1. The Morgan fingerprint density at radius 3 is 2.28 bits per heavy atom. The molecule has 1 aromatic heterocycles. The zero-order chi connectivity index (χ0) is 22.3. The highest BCUT2D eigenvalue weighted by Crippen LogP contribution is 2.26. The summed E-state index contributed by atoms with van der Waals surface area (Å²) in [5, 5.41) is 12.3. The molecule has 0 radical (unpaired) electrons. The molecule has 0 bridgehead atoms. The largest absolute Gasteiger partial charge is 0.489 e. The van der Waals surface area contributed by atoms with Gasteiger partial charge < -0.3 is 15.5 Å². The third-order valence-corrected chi connectivity index (χ3v) is 5.79. The van der Waals surface area contributed by atoms with Crippen LogP contribution in [0, 0.1) is 5.41 Å². The van der Waals surface area contributed by atoms with E-state index in [0.29, 0.717) is 24.8 Å². The first-order chi connectivity index (χ1) is 15.6. The maximum Gasteiger partial charge on any atom is 0.119 e. The highest BCUT2D eigenvalue weighted by Gasteiger charge is 2.25. The molecule has 1 unspecified atom stereocenters. The van der Waals surface area contributed by atoms with E-state index in [2.05, 4.69) is 60.5 Å². The molecule has 5 nitrogen and oxygen atoms in total. The average molecular weight is 427 g/mol. The van der Waals surface area contributed by atoms with Gasteiger partial charge in [-0.05, 0) is 52.4 Å². The Kier molecular flexibility index (Phi) is 7.07. The van der Waals surface area contributed by atoms with Crippen molar-refractivity contribution in [2.75, 3.05) is 19.6 Å². The summed E-state index contributed by atoms with van der Waals surface area (Å²) >= 11 is 0. The minimum absolute atomic E-state index is 0.192. The van der Waals surface area contributed by atoms with Crippen molar-refractivity contribution in [1.82, 2.24) is 10.3 Å². The Morgan fingerprint density at radius 1 is 0.969 bits per heavy atom. The van der Waals surface area contributed by atoms with Crippen LogP contribution in [0.25, 0.3) is 0 Å². The quantitative estimate of drug-likeness (QED) is 0.499. The second kappa shape index (κ2) is 10.3. The predicted molar refractivity (Wildman–Crippen MR) is 130 cm³/mol.